The van der Waals surface area contributed by atoms with Gasteiger partial charge in [0, 0.05) is 36.4 Å². The number of carbonyl (C=O) groups is 1. The molecule has 0 saturated carbocycles. The summed E-state index contributed by atoms with van der Waals surface area (Å²) in [5, 5.41) is 18.9. The molecular weight excluding hydrogens is 786 g/mol. The molecule has 56 heavy (non-hydrogen) atoms. The number of benzene rings is 5. The molecule has 1 N–H and O–H groups in total. The van der Waals surface area contributed by atoms with Gasteiger partial charge in [0.25, 0.3) is 0 Å². The molecule has 0 atom stereocenters. The SMILES string of the molecule is CCCCc1nc(Cl)c(CNC(C)=O)n1Cc1ccc2oc(-c3ccccc3-c3nnn(C(c4ccccc4)(c4ccccc4)c4ccccc4)n3)c(Br)c2c1. The highest BCUT2D eigenvalue weighted by Gasteiger charge is 2.41. The third-order valence-electron chi connectivity index (χ3n) is 10.1. The van der Waals surface area contributed by atoms with Crippen LogP contribution in [0.2, 0.25) is 5.15 Å². The lowest BCUT2D eigenvalue weighted by atomic mass is 9.77. The summed E-state index contributed by atoms with van der Waals surface area (Å²) in [6.45, 7) is 4.48. The van der Waals surface area contributed by atoms with E-state index >= 15 is 0 Å². The van der Waals surface area contributed by atoms with Gasteiger partial charge in [-0.2, -0.15) is 0 Å². The van der Waals surface area contributed by atoms with Crippen LogP contribution in [-0.4, -0.2) is 35.7 Å². The van der Waals surface area contributed by atoms with Crippen LogP contribution in [0.3, 0.4) is 0 Å². The van der Waals surface area contributed by atoms with Crippen molar-refractivity contribution >= 4 is 44.4 Å². The van der Waals surface area contributed by atoms with Crippen LogP contribution in [0.5, 0.6) is 0 Å². The van der Waals surface area contributed by atoms with E-state index in [4.69, 9.17) is 31.4 Å². The number of carbonyl (C=O) groups excluding carboxylic acids is 1. The van der Waals surface area contributed by atoms with E-state index in [-0.39, 0.29) is 5.91 Å². The van der Waals surface area contributed by atoms with E-state index in [0.717, 1.165) is 79.6 Å². The topological polar surface area (TPSA) is 104 Å². The zero-order valence-corrected chi connectivity index (χ0v) is 33.3. The molecule has 0 unspecified atom stereocenters. The van der Waals surface area contributed by atoms with E-state index in [1.165, 1.54) is 6.92 Å². The van der Waals surface area contributed by atoms with Crippen LogP contribution in [0.15, 0.2) is 142 Å². The molecule has 0 aliphatic heterocycles. The number of hydrogen-bond acceptors (Lipinski definition) is 6. The van der Waals surface area contributed by atoms with E-state index in [9.17, 15) is 4.79 Å². The van der Waals surface area contributed by atoms with Crippen molar-refractivity contribution in [2.75, 3.05) is 0 Å². The molecular formula is C45H39BrClN7O2. The number of nitrogens with one attached hydrogen (secondary N) is 1. The first-order valence-electron chi connectivity index (χ1n) is 18.6. The number of nitrogens with zero attached hydrogens (tertiary/aromatic N) is 6. The monoisotopic (exact) mass is 823 g/mol. The molecule has 8 aromatic rings. The predicted molar refractivity (Wildman–Crippen MR) is 223 cm³/mol. The second-order valence-corrected chi connectivity index (χ2v) is 14.8. The number of amides is 1. The summed E-state index contributed by atoms with van der Waals surface area (Å²) < 4.78 is 9.52. The van der Waals surface area contributed by atoms with Gasteiger partial charge in [-0.1, -0.05) is 146 Å². The maximum absolute atomic E-state index is 11.8. The van der Waals surface area contributed by atoms with Crippen LogP contribution in [0, 0.1) is 0 Å². The van der Waals surface area contributed by atoms with Gasteiger partial charge in [-0.05, 0) is 62.0 Å². The fraction of sp³-hybridized carbons (Fsp3) is 0.178. The number of halogens is 2. The second kappa shape index (κ2) is 16.1. The van der Waals surface area contributed by atoms with Gasteiger partial charge in [-0.3, -0.25) is 4.79 Å². The average molecular weight is 825 g/mol. The number of fused-ring (bicyclic) bond motifs is 1. The third-order valence-corrected chi connectivity index (χ3v) is 11.2. The maximum atomic E-state index is 11.8. The smallest absolute Gasteiger partial charge is 0.217 e. The predicted octanol–water partition coefficient (Wildman–Crippen LogP) is 10.2. The number of imidazole rings is 1. The number of hydrogen-bond donors (Lipinski definition) is 1. The minimum Gasteiger partial charge on any atom is -0.455 e. The first-order chi connectivity index (χ1) is 27.4. The normalized spacial score (nSPS) is 11.6. The van der Waals surface area contributed by atoms with Crippen LogP contribution >= 0.6 is 27.5 Å². The van der Waals surface area contributed by atoms with Crippen LogP contribution in [0.4, 0.5) is 0 Å². The Morgan fingerprint density at radius 1 is 0.839 bits per heavy atom. The molecule has 3 aromatic heterocycles. The van der Waals surface area contributed by atoms with E-state index < -0.39 is 5.54 Å². The molecule has 1 amide bonds. The Bertz CT molecular complexity index is 2520. The lowest BCUT2D eigenvalue weighted by Crippen LogP contribution is -2.39. The number of furan rings is 1. The van der Waals surface area contributed by atoms with Gasteiger partial charge in [-0.15, -0.1) is 15.0 Å². The molecule has 0 saturated heterocycles. The third kappa shape index (κ3) is 6.95. The van der Waals surface area contributed by atoms with Crippen LogP contribution in [0.1, 0.15) is 60.5 Å². The number of aromatic nitrogens is 6. The van der Waals surface area contributed by atoms with Crippen LogP contribution in [0.25, 0.3) is 33.7 Å². The van der Waals surface area contributed by atoms with Crippen molar-refractivity contribution in [1.29, 1.82) is 0 Å². The fourth-order valence-electron chi connectivity index (χ4n) is 7.39. The lowest BCUT2D eigenvalue weighted by Gasteiger charge is -2.34. The molecule has 8 rings (SSSR count). The first-order valence-corrected chi connectivity index (χ1v) is 19.8. The van der Waals surface area contributed by atoms with Gasteiger partial charge in [0.15, 0.2) is 10.7 Å². The summed E-state index contributed by atoms with van der Waals surface area (Å²) in [6, 6.07) is 45.0. The van der Waals surface area contributed by atoms with Crippen molar-refractivity contribution in [2.24, 2.45) is 0 Å². The van der Waals surface area contributed by atoms with Crippen molar-refractivity contribution in [1.82, 2.24) is 35.1 Å². The van der Waals surface area contributed by atoms with Gasteiger partial charge in [0.2, 0.25) is 11.7 Å². The quantitative estimate of drug-likeness (QED) is 0.116. The minimum absolute atomic E-state index is 0.124. The fourth-order valence-corrected chi connectivity index (χ4v) is 8.26. The van der Waals surface area contributed by atoms with Crippen LogP contribution in [-0.2, 0) is 29.8 Å². The molecule has 9 nitrogen and oxygen atoms in total. The van der Waals surface area contributed by atoms with E-state index in [2.05, 4.69) is 86.3 Å². The molecule has 0 bridgehead atoms. The highest BCUT2D eigenvalue weighted by molar-refractivity contribution is 9.10. The van der Waals surface area contributed by atoms with Crippen molar-refractivity contribution in [3.8, 4) is 22.7 Å². The summed E-state index contributed by atoms with van der Waals surface area (Å²) >= 11 is 10.5. The molecule has 5 aromatic carbocycles. The molecule has 280 valence electrons. The molecule has 11 heteroatoms. The summed E-state index contributed by atoms with van der Waals surface area (Å²) in [4.78, 5) is 18.2. The minimum atomic E-state index is -0.905. The van der Waals surface area contributed by atoms with Crippen molar-refractivity contribution in [3.63, 3.8) is 0 Å². The molecule has 0 spiro atoms. The summed E-state index contributed by atoms with van der Waals surface area (Å²) in [6.07, 6.45) is 2.80. The largest absolute Gasteiger partial charge is 0.455 e. The van der Waals surface area contributed by atoms with E-state index in [1.807, 2.05) is 84.9 Å². The zero-order valence-electron chi connectivity index (χ0n) is 31.0. The molecule has 0 aliphatic rings. The van der Waals surface area contributed by atoms with Gasteiger partial charge < -0.3 is 14.3 Å². The van der Waals surface area contributed by atoms with Gasteiger partial charge in [0.1, 0.15) is 17.2 Å². The highest BCUT2D eigenvalue weighted by atomic mass is 79.9. The Morgan fingerprint density at radius 2 is 1.45 bits per heavy atom. The van der Waals surface area contributed by atoms with E-state index in [1.54, 1.807) is 4.80 Å². The standard InChI is InChI=1S/C45H39BrClN7O2/c1-3-4-24-40-49-43(47)38(28-48-30(2)55)53(40)29-31-25-26-39-37(27-31)41(46)42(56-39)35-22-14-15-23-36(35)44-50-52-54(51-44)45(32-16-8-5-9-17-32,33-18-10-6-11-19-33)34-20-12-7-13-21-34/h5-23,25-27H,3-4,24,28-29H2,1-2H3,(H,48,55). The molecule has 0 radical (unpaired) electrons. The van der Waals surface area contributed by atoms with Gasteiger partial charge in [0.05, 0.1) is 16.7 Å². The van der Waals surface area contributed by atoms with Gasteiger partial charge >= 0.3 is 0 Å². The number of unbranched alkanes of at least 4 members (excludes halogenated alkanes) is 1. The molecule has 3 heterocycles. The second-order valence-electron chi connectivity index (χ2n) is 13.7. The summed E-state index contributed by atoms with van der Waals surface area (Å²) in [5.41, 5.74) is 6.25. The van der Waals surface area contributed by atoms with Crippen LogP contribution < -0.4 is 5.32 Å². The zero-order chi connectivity index (χ0) is 38.6. The molecule has 0 fully saturated rings. The average Bonchev–Trinajstić information content (AvgIpc) is 3.93. The Labute approximate surface area is 338 Å². The summed E-state index contributed by atoms with van der Waals surface area (Å²) in [5.74, 6) is 1.89. The van der Waals surface area contributed by atoms with Crippen molar-refractivity contribution < 1.29 is 9.21 Å². The lowest BCUT2D eigenvalue weighted by molar-refractivity contribution is -0.119. The Balaban J connectivity index is 1.20. The maximum Gasteiger partial charge on any atom is 0.217 e. The summed E-state index contributed by atoms with van der Waals surface area (Å²) in [7, 11) is 0. The first kappa shape index (κ1) is 37.1. The van der Waals surface area contributed by atoms with Crippen molar-refractivity contribution in [2.45, 2.75) is 51.7 Å². The number of aryl methyl sites for hydroxylation is 1. The Morgan fingerprint density at radius 3 is 2.05 bits per heavy atom. The van der Waals surface area contributed by atoms with Gasteiger partial charge in [-0.25, -0.2) is 4.98 Å². The Kier molecular flexibility index (Phi) is 10.7. The van der Waals surface area contributed by atoms with E-state index in [0.29, 0.717) is 29.8 Å². The highest BCUT2D eigenvalue weighted by Crippen LogP contribution is 2.43. The number of tetrazole rings is 1. The Hall–Kier alpha value is -5.84. The number of rotatable bonds is 13. The molecule has 0 aliphatic carbocycles. The van der Waals surface area contributed by atoms with Crippen molar-refractivity contribution in [3.05, 3.63) is 177 Å².